The first-order valence-electron chi connectivity index (χ1n) is 6.20. The molecule has 0 radical (unpaired) electrons. The van der Waals surface area contributed by atoms with Crippen molar-refractivity contribution in [2.75, 3.05) is 24.6 Å². The third-order valence-corrected chi connectivity index (χ3v) is 3.28. The standard InChI is InChI=1S/C12H17N3O2/c1-8-7-15(4-5-17-8)10-6-11(16)14-12(13-10)9-2-3-9/h6,8-9H,2-5,7H2,1H3,(H,13,14,16). The Labute approximate surface area is 99.8 Å². The summed E-state index contributed by atoms with van der Waals surface area (Å²) < 4.78 is 5.49. The highest BCUT2D eigenvalue weighted by molar-refractivity contribution is 5.38. The van der Waals surface area contributed by atoms with Crippen molar-refractivity contribution in [3.05, 3.63) is 22.2 Å². The topological polar surface area (TPSA) is 58.2 Å². The van der Waals surface area contributed by atoms with E-state index >= 15 is 0 Å². The van der Waals surface area contributed by atoms with Crippen LogP contribution in [0.3, 0.4) is 0 Å². The summed E-state index contributed by atoms with van der Waals surface area (Å²) in [6.07, 6.45) is 2.49. The predicted molar refractivity (Wildman–Crippen MR) is 64.5 cm³/mol. The lowest BCUT2D eigenvalue weighted by Crippen LogP contribution is -2.42. The van der Waals surface area contributed by atoms with Crippen LogP contribution in [0.2, 0.25) is 0 Å². The van der Waals surface area contributed by atoms with Crippen LogP contribution in [0.25, 0.3) is 0 Å². The largest absolute Gasteiger partial charge is 0.375 e. The number of H-pyrrole nitrogens is 1. The van der Waals surface area contributed by atoms with Crippen molar-refractivity contribution in [2.24, 2.45) is 0 Å². The van der Waals surface area contributed by atoms with Gasteiger partial charge in [-0.25, -0.2) is 4.98 Å². The van der Waals surface area contributed by atoms with Gasteiger partial charge in [-0.1, -0.05) is 0 Å². The van der Waals surface area contributed by atoms with Crippen LogP contribution in [0.4, 0.5) is 5.82 Å². The Kier molecular flexibility index (Phi) is 2.63. The van der Waals surface area contributed by atoms with E-state index in [0.717, 1.165) is 37.6 Å². The predicted octanol–water partition coefficient (Wildman–Crippen LogP) is 0.872. The minimum absolute atomic E-state index is 0.0453. The molecule has 1 atom stereocenters. The second kappa shape index (κ2) is 4.14. The van der Waals surface area contributed by atoms with E-state index in [0.29, 0.717) is 12.5 Å². The molecule has 2 aliphatic rings. The number of nitrogens with zero attached hydrogens (tertiary/aromatic N) is 2. The number of hydrogen-bond donors (Lipinski definition) is 1. The van der Waals surface area contributed by atoms with E-state index in [4.69, 9.17) is 4.74 Å². The molecule has 1 N–H and O–H groups in total. The van der Waals surface area contributed by atoms with E-state index in [-0.39, 0.29) is 11.7 Å². The number of aromatic amines is 1. The smallest absolute Gasteiger partial charge is 0.252 e. The van der Waals surface area contributed by atoms with Gasteiger partial charge in [-0.05, 0) is 19.8 Å². The van der Waals surface area contributed by atoms with Crippen molar-refractivity contribution < 1.29 is 4.74 Å². The number of aromatic nitrogens is 2. The number of hydrogen-bond acceptors (Lipinski definition) is 4. The van der Waals surface area contributed by atoms with Gasteiger partial charge < -0.3 is 14.6 Å². The van der Waals surface area contributed by atoms with E-state index < -0.39 is 0 Å². The summed E-state index contributed by atoms with van der Waals surface area (Å²) in [6.45, 7) is 4.36. The molecule has 0 aromatic carbocycles. The minimum atomic E-state index is -0.0453. The Morgan fingerprint density at radius 2 is 2.35 bits per heavy atom. The van der Waals surface area contributed by atoms with Gasteiger partial charge in [0.15, 0.2) is 0 Å². The number of morpholine rings is 1. The van der Waals surface area contributed by atoms with Gasteiger partial charge in [-0.15, -0.1) is 0 Å². The van der Waals surface area contributed by atoms with Crippen molar-refractivity contribution in [1.29, 1.82) is 0 Å². The fourth-order valence-corrected chi connectivity index (χ4v) is 2.20. The number of ether oxygens (including phenoxy) is 1. The molecule has 0 amide bonds. The van der Waals surface area contributed by atoms with Gasteiger partial charge in [0, 0.05) is 25.1 Å². The first-order valence-corrected chi connectivity index (χ1v) is 6.20. The summed E-state index contributed by atoms with van der Waals surface area (Å²) in [6, 6.07) is 1.59. The fourth-order valence-electron chi connectivity index (χ4n) is 2.20. The average molecular weight is 235 g/mol. The lowest BCUT2D eigenvalue weighted by Gasteiger charge is -2.32. The molecular weight excluding hydrogens is 218 g/mol. The number of rotatable bonds is 2. The quantitative estimate of drug-likeness (QED) is 0.826. The molecule has 5 nitrogen and oxygen atoms in total. The highest BCUT2D eigenvalue weighted by Crippen LogP contribution is 2.37. The van der Waals surface area contributed by atoms with E-state index in [1.165, 1.54) is 0 Å². The van der Waals surface area contributed by atoms with Crippen molar-refractivity contribution in [3.8, 4) is 0 Å². The van der Waals surface area contributed by atoms with Gasteiger partial charge in [-0.3, -0.25) is 4.79 Å². The minimum Gasteiger partial charge on any atom is -0.375 e. The SMILES string of the molecule is CC1CN(c2cc(=O)[nH]c(C3CC3)n2)CCO1. The summed E-state index contributed by atoms with van der Waals surface area (Å²) in [4.78, 5) is 21.2. The van der Waals surface area contributed by atoms with E-state index in [1.807, 2.05) is 6.92 Å². The molecule has 0 spiro atoms. The zero-order valence-electron chi connectivity index (χ0n) is 9.98. The molecule has 1 saturated carbocycles. The van der Waals surface area contributed by atoms with Crippen LogP contribution in [0.1, 0.15) is 31.5 Å². The van der Waals surface area contributed by atoms with Gasteiger partial charge >= 0.3 is 0 Å². The summed E-state index contributed by atoms with van der Waals surface area (Å²) in [5.74, 6) is 2.12. The molecule has 1 aliphatic heterocycles. The normalized spacial score (nSPS) is 25.0. The summed E-state index contributed by atoms with van der Waals surface area (Å²) in [5, 5.41) is 0. The maximum atomic E-state index is 11.6. The molecule has 1 unspecified atom stereocenters. The molecule has 3 rings (SSSR count). The number of nitrogens with one attached hydrogen (secondary N) is 1. The molecule has 1 saturated heterocycles. The second-order valence-corrected chi connectivity index (χ2v) is 4.89. The molecule has 17 heavy (non-hydrogen) atoms. The highest BCUT2D eigenvalue weighted by atomic mass is 16.5. The van der Waals surface area contributed by atoms with Crippen molar-refractivity contribution in [3.63, 3.8) is 0 Å². The Morgan fingerprint density at radius 1 is 1.53 bits per heavy atom. The van der Waals surface area contributed by atoms with Gasteiger partial charge in [0.25, 0.3) is 5.56 Å². The van der Waals surface area contributed by atoms with Crippen LogP contribution in [0.15, 0.2) is 10.9 Å². The molecule has 1 aromatic heterocycles. The lowest BCUT2D eigenvalue weighted by molar-refractivity contribution is 0.0529. The Bertz CT molecular complexity index is 467. The lowest BCUT2D eigenvalue weighted by atomic mass is 10.3. The summed E-state index contributed by atoms with van der Waals surface area (Å²) >= 11 is 0. The molecular formula is C12H17N3O2. The van der Waals surface area contributed by atoms with Crippen LogP contribution in [0, 0.1) is 0 Å². The first kappa shape index (κ1) is 10.8. The first-order chi connectivity index (χ1) is 8.22. The van der Waals surface area contributed by atoms with Gasteiger partial charge in [0.05, 0.1) is 12.7 Å². The zero-order valence-corrected chi connectivity index (χ0v) is 9.98. The second-order valence-electron chi connectivity index (χ2n) is 4.89. The molecule has 1 aromatic rings. The summed E-state index contributed by atoms with van der Waals surface area (Å²) in [7, 11) is 0. The fraction of sp³-hybridized carbons (Fsp3) is 0.667. The third-order valence-electron chi connectivity index (χ3n) is 3.28. The molecule has 1 aliphatic carbocycles. The molecule has 2 fully saturated rings. The van der Waals surface area contributed by atoms with Crippen molar-refractivity contribution in [1.82, 2.24) is 9.97 Å². The van der Waals surface area contributed by atoms with Gasteiger partial charge in [0.2, 0.25) is 0 Å². The van der Waals surface area contributed by atoms with Crippen LogP contribution in [0.5, 0.6) is 0 Å². The average Bonchev–Trinajstić information content (AvgIpc) is 3.12. The van der Waals surface area contributed by atoms with Crippen LogP contribution >= 0.6 is 0 Å². The molecule has 2 heterocycles. The van der Waals surface area contributed by atoms with E-state index in [2.05, 4.69) is 14.9 Å². The Hall–Kier alpha value is -1.36. The maximum absolute atomic E-state index is 11.6. The highest BCUT2D eigenvalue weighted by Gasteiger charge is 2.27. The van der Waals surface area contributed by atoms with Crippen LogP contribution < -0.4 is 10.5 Å². The van der Waals surface area contributed by atoms with Crippen LogP contribution in [-0.2, 0) is 4.74 Å². The third kappa shape index (κ3) is 2.34. The Morgan fingerprint density at radius 3 is 3.06 bits per heavy atom. The van der Waals surface area contributed by atoms with Crippen molar-refractivity contribution >= 4 is 5.82 Å². The van der Waals surface area contributed by atoms with Crippen molar-refractivity contribution in [2.45, 2.75) is 31.8 Å². The van der Waals surface area contributed by atoms with Gasteiger partial charge in [0.1, 0.15) is 11.6 Å². The van der Waals surface area contributed by atoms with Gasteiger partial charge in [-0.2, -0.15) is 0 Å². The van der Waals surface area contributed by atoms with E-state index in [9.17, 15) is 4.79 Å². The molecule has 92 valence electrons. The van der Waals surface area contributed by atoms with E-state index in [1.54, 1.807) is 6.07 Å². The zero-order chi connectivity index (χ0) is 11.8. The maximum Gasteiger partial charge on any atom is 0.252 e. The summed E-state index contributed by atoms with van der Waals surface area (Å²) in [5.41, 5.74) is -0.0453. The monoisotopic (exact) mass is 235 g/mol. The molecule has 5 heteroatoms. The Balaban J connectivity index is 1.88. The molecule has 0 bridgehead atoms. The van der Waals surface area contributed by atoms with Crippen LogP contribution in [-0.4, -0.2) is 35.8 Å². The number of anilines is 1.